The highest BCUT2D eigenvalue weighted by Gasteiger charge is 2.31. The fourth-order valence-corrected chi connectivity index (χ4v) is 3.50. The van der Waals surface area contributed by atoms with Gasteiger partial charge in [0.1, 0.15) is 5.75 Å². The summed E-state index contributed by atoms with van der Waals surface area (Å²) in [6, 6.07) is 8.20. The SMILES string of the molecule is COc1ccc(-c2n[nH]c3c2[C@@H](C)CC[C@@H]3C(C)C)cc1. The van der Waals surface area contributed by atoms with Crippen molar-refractivity contribution in [3.8, 4) is 17.0 Å². The molecular weight excluding hydrogens is 260 g/mol. The number of hydrogen-bond donors (Lipinski definition) is 1. The Balaban J connectivity index is 2.04. The van der Waals surface area contributed by atoms with Crippen LogP contribution in [0.4, 0.5) is 0 Å². The fraction of sp³-hybridized carbons (Fsp3) is 0.500. The maximum Gasteiger partial charge on any atom is 0.118 e. The second-order valence-corrected chi connectivity index (χ2v) is 6.46. The number of ether oxygens (including phenoxy) is 1. The summed E-state index contributed by atoms with van der Waals surface area (Å²) >= 11 is 0. The third-order valence-electron chi connectivity index (χ3n) is 4.78. The molecule has 3 nitrogen and oxygen atoms in total. The minimum absolute atomic E-state index is 0.575. The molecule has 3 heteroatoms. The molecule has 0 unspecified atom stereocenters. The summed E-state index contributed by atoms with van der Waals surface area (Å²) in [5, 5.41) is 7.97. The number of benzene rings is 1. The van der Waals surface area contributed by atoms with E-state index >= 15 is 0 Å². The number of aromatic amines is 1. The van der Waals surface area contributed by atoms with E-state index in [-0.39, 0.29) is 0 Å². The molecule has 0 saturated heterocycles. The molecule has 0 aliphatic heterocycles. The van der Waals surface area contributed by atoms with Gasteiger partial charge in [0.15, 0.2) is 0 Å². The molecule has 0 radical (unpaired) electrons. The van der Waals surface area contributed by atoms with Crippen LogP contribution in [-0.4, -0.2) is 17.3 Å². The maximum absolute atomic E-state index is 5.24. The molecule has 1 N–H and O–H groups in total. The Hall–Kier alpha value is -1.77. The number of aromatic nitrogens is 2. The van der Waals surface area contributed by atoms with Crippen molar-refractivity contribution in [1.82, 2.24) is 10.2 Å². The lowest BCUT2D eigenvalue weighted by atomic mass is 9.75. The van der Waals surface area contributed by atoms with Crippen molar-refractivity contribution >= 4 is 0 Å². The van der Waals surface area contributed by atoms with E-state index < -0.39 is 0 Å². The van der Waals surface area contributed by atoms with Crippen molar-refractivity contribution in [2.24, 2.45) is 5.92 Å². The predicted molar refractivity (Wildman–Crippen MR) is 85.8 cm³/mol. The number of nitrogens with one attached hydrogen (secondary N) is 1. The molecule has 0 amide bonds. The first-order valence-electron chi connectivity index (χ1n) is 7.84. The summed E-state index contributed by atoms with van der Waals surface area (Å²) in [6.45, 7) is 6.93. The average molecular weight is 284 g/mol. The van der Waals surface area contributed by atoms with Gasteiger partial charge in [-0.25, -0.2) is 0 Å². The van der Waals surface area contributed by atoms with E-state index in [1.165, 1.54) is 29.7 Å². The Kier molecular flexibility index (Phi) is 3.75. The molecule has 112 valence electrons. The first-order chi connectivity index (χ1) is 10.1. The van der Waals surface area contributed by atoms with Crippen molar-refractivity contribution in [3.63, 3.8) is 0 Å². The lowest BCUT2D eigenvalue weighted by Gasteiger charge is -2.29. The van der Waals surface area contributed by atoms with Gasteiger partial charge in [-0.3, -0.25) is 5.10 Å². The quantitative estimate of drug-likeness (QED) is 0.885. The van der Waals surface area contributed by atoms with Crippen LogP contribution in [0.2, 0.25) is 0 Å². The van der Waals surface area contributed by atoms with E-state index in [0.717, 1.165) is 11.4 Å². The number of fused-ring (bicyclic) bond motifs is 1. The summed E-state index contributed by atoms with van der Waals surface area (Å²) in [5.41, 5.74) is 5.06. The number of methoxy groups -OCH3 is 1. The highest BCUT2D eigenvalue weighted by atomic mass is 16.5. The van der Waals surface area contributed by atoms with Crippen LogP contribution in [0, 0.1) is 5.92 Å². The zero-order chi connectivity index (χ0) is 15.0. The van der Waals surface area contributed by atoms with Crippen molar-refractivity contribution in [2.45, 2.75) is 45.4 Å². The number of H-pyrrole nitrogens is 1. The fourth-order valence-electron chi connectivity index (χ4n) is 3.50. The Bertz CT molecular complexity index is 613. The first kappa shape index (κ1) is 14.2. The van der Waals surface area contributed by atoms with Gasteiger partial charge in [-0.15, -0.1) is 0 Å². The molecule has 21 heavy (non-hydrogen) atoms. The van der Waals surface area contributed by atoms with E-state index in [0.29, 0.717) is 17.8 Å². The molecule has 0 spiro atoms. The van der Waals surface area contributed by atoms with Gasteiger partial charge in [-0.1, -0.05) is 20.8 Å². The zero-order valence-corrected chi connectivity index (χ0v) is 13.3. The monoisotopic (exact) mass is 284 g/mol. The van der Waals surface area contributed by atoms with Gasteiger partial charge in [0.05, 0.1) is 12.8 Å². The van der Waals surface area contributed by atoms with E-state index in [1.807, 2.05) is 12.1 Å². The average Bonchev–Trinajstić information content (AvgIpc) is 2.93. The normalized spacial score (nSPS) is 21.4. The minimum Gasteiger partial charge on any atom is -0.497 e. The van der Waals surface area contributed by atoms with Crippen LogP contribution in [0.15, 0.2) is 24.3 Å². The van der Waals surface area contributed by atoms with Gasteiger partial charge in [-0.2, -0.15) is 5.10 Å². The van der Waals surface area contributed by atoms with Crippen molar-refractivity contribution in [2.75, 3.05) is 7.11 Å². The molecule has 1 aliphatic carbocycles. The van der Waals surface area contributed by atoms with Crippen LogP contribution in [-0.2, 0) is 0 Å². The van der Waals surface area contributed by atoms with Crippen molar-refractivity contribution in [1.29, 1.82) is 0 Å². The molecule has 1 heterocycles. The van der Waals surface area contributed by atoms with Crippen LogP contribution < -0.4 is 4.74 Å². The van der Waals surface area contributed by atoms with Gasteiger partial charge in [0.25, 0.3) is 0 Å². The molecule has 2 atom stereocenters. The lowest BCUT2D eigenvalue weighted by molar-refractivity contribution is 0.403. The maximum atomic E-state index is 5.24. The smallest absolute Gasteiger partial charge is 0.118 e. The molecule has 0 fully saturated rings. The van der Waals surface area contributed by atoms with Crippen molar-refractivity contribution < 1.29 is 4.74 Å². The Labute approximate surface area is 126 Å². The number of hydrogen-bond acceptors (Lipinski definition) is 2. The van der Waals surface area contributed by atoms with Crippen LogP contribution >= 0.6 is 0 Å². The van der Waals surface area contributed by atoms with Crippen molar-refractivity contribution in [3.05, 3.63) is 35.5 Å². The third-order valence-corrected chi connectivity index (χ3v) is 4.78. The van der Waals surface area contributed by atoms with Crippen LogP contribution in [0.3, 0.4) is 0 Å². The Morgan fingerprint density at radius 2 is 1.90 bits per heavy atom. The van der Waals surface area contributed by atoms with E-state index in [2.05, 4.69) is 43.1 Å². The molecule has 1 aromatic carbocycles. The third kappa shape index (κ3) is 2.45. The number of nitrogens with zero attached hydrogens (tertiary/aromatic N) is 1. The number of rotatable bonds is 3. The first-order valence-corrected chi connectivity index (χ1v) is 7.84. The highest BCUT2D eigenvalue weighted by Crippen LogP contribution is 2.44. The van der Waals surface area contributed by atoms with Gasteiger partial charge >= 0.3 is 0 Å². The van der Waals surface area contributed by atoms with E-state index in [9.17, 15) is 0 Å². The molecule has 1 aliphatic rings. The standard InChI is InChI=1S/C18H24N2O/c1-11(2)15-10-5-12(3)16-17(19-20-18(15)16)13-6-8-14(21-4)9-7-13/h6-9,11-12,15H,5,10H2,1-4H3,(H,19,20)/t12-,15+/m0/s1. The summed E-state index contributed by atoms with van der Waals surface area (Å²) in [6.07, 6.45) is 2.51. The second-order valence-electron chi connectivity index (χ2n) is 6.46. The topological polar surface area (TPSA) is 37.9 Å². The predicted octanol–water partition coefficient (Wildman–Crippen LogP) is 4.72. The molecule has 2 aromatic rings. The Morgan fingerprint density at radius 3 is 2.52 bits per heavy atom. The Morgan fingerprint density at radius 1 is 1.19 bits per heavy atom. The minimum atomic E-state index is 0.575. The highest BCUT2D eigenvalue weighted by molar-refractivity contribution is 5.66. The molecule has 0 bridgehead atoms. The van der Waals surface area contributed by atoms with Gasteiger partial charge < -0.3 is 4.74 Å². The van der Waals surface area contributed by atoms with Gasteiger partial charge in [0, 0.05) is 22.7 Å². The molecule has 0 saturated carbocycles. The van der Waals surface area contributed by atoms with E-state index in [1.54, 1.807) is 7.11 Å². The van der Waals surface area contributed by atoms with E-state index in [4.69, 9.17) is 4.74 Å². The molecular formula is C18H24N2O. The second kappa shape index (κ2) is 5.55. The summed E-state index contributed by atoms with van der Waals surface area (Å²) in [5.74, 6) is 2.72. The largest absolute Gasteiger partial charge is 0.497 e. The molecule has 3 rings (SSSR count). The molecule has 1 aromatic heterocycles. The van der Waals surface area contributed by atoms with Crippen LogP contribution in [0.5, 0.6) is 5.75 Å². The lowest BCUT2D eigenvalue weighted by Crippen LogP contribution is -2.16. The van der Waals surface area contributed by atoms with Gasteiger partial charge in [-0.05, 0) is 48.9 Å². The summed E-state index contributed by atoms with van der Waals surface area (Å²) in [7, 11) is 1.70. The van der Waals surface area contributed by atoms with Crippen LogP contribution in [0.1, 0.15) is 56.7 Å². The summed E-state index contributed by atoms with van der Waals surface area (Å²) < 4.78 is 5.24. The zero-order valence-electron chi connectivity index (χ0n) is 13.3. The summed E-state index contributed by atoms with van der Waals surface area (Å²) in [4.78, 5) is 0. The van der Waals surface area contributed by atoms with Gasteiger partial charge in [0.2, 0.25) is 0 Å². The van der Waals surface area contributed by atoms with Crippen LogP contribution in [0.25, 0.3) is 11.3 Å².